The standard InChI is InChI=1S/C22H27NO2/c1-2-14-23(21-13-12-19-10-6-7-11-20(19)15-21)22(24)17-25-16-18-8-4-3-5-9-18/h3-11,21H,2,12-17H2,1H3. The van der Waals surface area contributed by atoms with Gasteiger partial charge in [-0.05, 0) is 42.4 Å². The maximum Gasteiger partial charge on any atom is 0.248 e. The third-order valence-corrected chi connectivity index (χ3v) is 4.88. The summed E-state index contributed by atoms with van der Waals surface area (Å²) in [5.74, 6) is 0.113. The Hall–Kier alpha value is -2.13. The van der Waals surface area contributed by atoms with Crippen molar-refractivity contribution < 1.29 is 9.53 Å². The molecule has 0 heterocycles. The van der Waals surface area contributed by atoms with Crippen LogP contribution in [0.4, 0.5) is 0 Å². The van der Waals surface area contributed by atoms with Crippen molar-refractivity contribution in [2.45, 2.75) is 45.3 Å². The Morgan fingerprint density at radius 2 is 1.80 bits per heavy atom. The fourth-order valence-corrected chi connectivity index (χ4v) is 3.61. The quantitative estimate of drug-likeness (QED) is 0.764. The molecule has 3 nitrogen and oxygen atoms in total. The summed E-state index contributed by atoms with van der Waals surface area (Å²) in [6, 6.07) is 18.9. The van der Waals surface area contributed by atoms with Gasteiger partial charge in [0, 0.05) is 12.6 Å². The van der Waals surface area contributed by atoms with E-state index in [2.05, 4.69) is 31.2 Å². The number of fused-ring (bicyclic) bond motifs is 1. The number of hydrogen-bond acceptors (Lipinski definition) is 2. The zero-order valence-corrected chi connectivity index (χ0v) is 15.0. The number of aryl methyl sites for hydroxylation is 1. The number of rotatable bonds is 7. The number of amides is 1. The molecule has 1 aliphatic rings. The summed E-state index contributed by atoms with van der Waals surface area (Å²) < 4.78 is 5.68. The van der Waals surface area contributed by atoms with Gasteiger partial charge >= 0.3 is 0 Å². The molecule has 2 aromatic rings. The van der Waals surface area contributed by atoms with Crippen LogP contribution in [0.2, 0.25) is 0 Å². The van der Waals surface area contributed by atoms with E-state index in [4.69, 9.17) is 4.74 Å². The van der Waals surface area contributed by atoms with E-state index >= 15 is 0 Å². The maximum absolute atomic E-state index is 12.7. The zero-order valence-electron chi connectivity index (χ0n) is 15.0. The highest BCUT2D eigenvalue weighted by Gasteiger charge is 2.27. The number of nitrogens with zero attached hydrogens (tertiary/aromatic N) is 1. The third kappa shape index (κ3) is 4.70. The fourth-order valence-electron chi connectivity index (χ4n) is 3.61. The second kappa shape index (κ2) is 8.82. The first-order valence-electron chi connectivity index (χ1n) is 9.26. The highest BCUT2D eigenvalue weighted by atomic mass is 16.5. The average molecular weight is 337 g/mol. The normalized spacial score (nSPS) is 16.3. The monoisotopic (exact) mass is 337 g/mol. The first-order valence-corrected chi connectivity index (χ1v) is 9.26. The minimum atomic E-state index is 0.113. The molecule has 0 saturated heterocycles. The summed E-state index contributed by atoms with van der Waals surface area (Å²) in [6.07, 6.45) is 4.03. The largest absolute Gasteiger partial charge is 0.367 e. The minimum absolute atomic E-state index is 0.113. The lowest BCUT2D eigenvalue weighted by atomic mass is 9.87. The molecular weight excluding hydrogens is 310 g/mol. The zero-order chi connectivity index (χ0) is 17.5. The first kappa shape index (κ1) is 17.7. The van der Waals surface area contributed by atoms with Gasteiger partial charge in [-0.1, -0.05) is 61.5 Å². The van der Waals surface area contributed by atoms with Crippen LogP contribution in [0, 0.1) is 0 Å². The highest BCUT2D eigenvalue weighted by molar-refractivity contribution is 5.78. The minimum Gasteiger partial charge on any atom is -0.367 e. The number of carbonyl (C=O) groups is 1. The van der Waals surface area contributed by atoms with Crippen LogP contribution in [-0.2, 0) is 29.0 Å². The van der Waals surface area contributed by atoms with Crippen molar-refractivity contribution in [3.63, 3.8) is 0 Å². The van der Waals surface area contributed by atoms with Crippen molar-refractivity contribution in [1.29, 1.82) is 0 Å². The topological polar surface area (TPSA) is 29.5 Å². The molecule has 0 fully saturated rings. The van der Waals surface area contributed by atoms with Crippen LogP contribution in [0.1, 0.15) is 36.5 Å². The summed E-state index contributed by atoms with van der Waals surface area (Å²) in [5, 5.41) is 0. The predicted molar refractivity (Wildman–Crippen MR) is 100 cm³/mol. The van der Waals surface area contributed by atoms with Crippen LogP contribution < -0.4 is 0 Å². The van der Waals surface area contributed by atoms with Crippen molar-refractivity contribution in [2.24, 2.45) is 0 Å². The molecular formula is C22H27NO2. The number of ether oxygens (including phenoxy) is 1. The van der Waals surface area contributed by atoms with Crippen LogP contribution in [-0.4, -0.2) is 30.0 Å². The van der Waals surface area contributed by atoms with E-state index < -0.39 is 0 Å². The Bertz CT molecular complexity index is 683. The van der Waals surface area contributed by atoms with Gasteiger partial charge in [0.1, 0.15) is 6.61 Å². The van der Waals surface area contributed by atoms with Crippen LogP contribution in [0.25, 0.3) is 0 Å². The molecule has 3 rings (SSSR count). The summed E-state index contributed by atoms with van der Waals surface area (Å²) in [5.41, 5.74) is 3.92. The molecule has 3 heteroatoms. The molecule has 0 N–H and O–H groups in total. The molecule has 0 aliphatic heterocycles. The molecule has 1 unspecified atom stereocenters. The van der Waals surface area contributed by atoms with Gasteiger partial charge in [-0.3, -0.25) is 4.79 Å². The third-order valence-electron chi connectivity index (χ3n) is 4.88. The Kier molecular flexibility index (Phi) is 6.24. The van der Waals surface area contributed by atoms with Crippen LogP contribution in [0.15, 0.2) is 54.6 Å². The molecule has 132 valence electrons. The molecule has 0 radical (unpaired) electrons. The molecule has 1 amide bonds. The van der Waals surface area contributed by atoms with E-state index in [0.717, 1.165) is 37.8 Å². The lowest BCUT2D eigenvalue weighted by molar-refractivity contribution is -0.139. The molecule has 1 aliphatic carbocycles. The van der Waals surface area contributed by atoms with E-state index in [-0.39, 0.29) is 12.5 Å². The van der Waals surface area contributed by atoms with Gasteiger partial charge in [-0.25, -0.2) is 0 Å². The summed E-state index contributed by atoms with van der Waals surface area (Å²) in [7, 11) is 0. The molecule has 2 aromatic carbocycles. The Morgan fingerprint density at radius 1 is 1.08 bits per heavy atom. The molecule has 0 aromatic heterocycles. The van der Waals surface area contributed by atoms with Gasteiger partial charge in [0.25, 0.3) is 0 Å². The highest BCUT2D eigenvalue weighted by Crippen LogP contribution is 2.24. The number of carbonyl (C=O) groups excluding carboxylic acids is 1. The smallest absolute Gasteiger partial charge is 0.248 e. The number of benzene rings is 2. The SMILES string of the molecule is CCCN(C(=O)COCc1ccccc1)C1CCc2ccccc2C1. The van der Waals surface area contributed by atoms with Gasteiger partial charge < -0.3 is 9.64 Å². The van der Waals surface area contributed by atoms with Gasteiger partial charge in [-0.15, -0.1) is 0 Å². The lowest BCUT2D eigenvalue weighted by Gasteiger charge is -2.35. The van der Waals surface area contributed by atoms with Crippen molar-refractivity contribution in [1.82, 2.24) is 4.90 Å². The van der Waals surface area contributed by atoms with Gasteiger partial charge in [0.2, 0.25) is 5.91 Å². The van der Waals surface area contributed by atoms with E-state index in [1.807, 2.05) is 35.2 Å². The van der Waals surface area contributed by atoms with Crippen molar-refractivity contribution in [2.75, 3.05) is 13.2 Å². The first-order chi connectivity index (χ1) is 12.3. The molecule has 0 spiro atoms. The van der Waals surface area contributed by atoms with Crippen LogP contribution in [0.3, 0.4) is 0 Å². The summed E-state index contributed by atoms with van der Waals surface area (Å²) in [6.45, 7) is 3.58. The van der Waals surface area contributed by atoms with Gasteiger partial charge in [-0.2, -0.15) is 0 Å². The molecule has 0 saturated carbocycles. The van der Waals surface area contributed by atoms with Gasteiger partial charge in [0.15, 0.2) is 0 Å². The van der Waals surface area contributed by atoms with Crippen LogP contribution >= 0.6 is 0 Å². The Labute approximate surface area is 150 Å². The fraction of sp³-hybridized carbons (Fsp3) is 0.409. The number of hydrogen-bond donors (Lipinski definition) is 0. The van der Waals surface area contributed by atoms with E-state index in [1.54, 1.807) is 0 Å². The van der Waals surface area contributed by atoms with Crippen molar-refractivity contribution in [3.05, 3.63) is 71.3 Å². The summed E-state index contributed by atoms with van der Waals surface area (Å²) in [4.78, 5) is 14.8. The second-order valence-corrected chi connectivity index (χ2v) is 6.73. The van der Waals surface area contributed by atoms with Crippen molar-refractivity contribution in [3.8, 4) is 0 Å². The predicted octanol–water partition coefficient (Wildman–Crippen LogP) is 4.00. The second-order valence-electron chi connectivity index (χ2n) is 6.73. The van der Waals surface area contributed by atoms with Crippen LogP contribution in [0.5, 0.6) is 0 Å². The maximum atomic E-state index is 12.7. The van der Waals surface area contributed by atoms with E-state index in [9.17, 15) is 4.79 Å². The van der Waals surface area contributed by atoms with Crippen molar-refractivity contribution >= 4 is 5.91 Å². The lowest BCUT2D eigenvalue weighted by Crippen LogP contribution is -2.45. The molecule has 1 atom stereocenters. The van der Waals surface area contributed by atoms with E-state index in [0.29, 0.717) is 12.6 Å². The average Bonchev–Trinajstić information content (AvgIpc) is 2.66. The Balaban J connectivity index is 1.58. The Morgan fingerprint density at radius 3 is 2.56 bits per heavy atom. The van der Waals surface area contributed by atoms with Gasteiger partial charge in [0.05, 0.1) is 6.61 Å². The molecule has 25 heavy (non-hydrogen) atoms. The van der Waals surface area contributed by atoms with E-state index in [1.165, 1.54) is 11.1 Å². The summed E-state index contributed by atoms with van der Waals surface area (Å²) >= 11 is 0. The molecule has 0 bridgehead atoms.